The Balaban J connectivity index is 2.18. The molecular weight excluding hydrogens is 332 g/mol. The van der Waals surface area contributed by atoms with Gasteiger partial charge in [0.25, 0.3) is 0 Å². The Morgan fingerprint density at radius 1 is 1.00 bits per heavy atom. The van der Waals surface area contributed by atoms with Crippen molar-refractivity contribution in [3.8, 4) is 17.2 Å². The number of rotatable bonds is 6. The molecule has 0 heterocycles. The van der Waals surface area contributed by atoms with Gasteiger partial charge in [-0.2, -0.15) is 0 Å². The highest BCUT2D eigenvalue weighted by atomic mass is 35.5. The predicted molar refractivity (Wildman–Crippen MR) is 94.8 cm³/mol. The molecule has 0 aliphatic heterocycles. The van der Waals surface area contributed by atoms with Crippen molar-refractivity contribution in [3.63, 3.8) is 0 Å². The van der Waals surface area contributed by atoms with Gasteiger partial charge in [0.2, 0.25) is 0 Å². The first kappa shape index (κ1) is 17.7. The van der Waals surface area contributed by atoms with E-state index in [9.17, 15) is 4.79 Å². The SMILES string of the molecule is CCOc1ccccc1NC(=O)Nc1cc(OC)c(Cl)cc1OC. The molecule has 0 saturated carbocycles. The minimum absolute atomic E-state index is 0.391. The number of hydrogen-bond acceptors (Lipinski definition) is 4. The zero-order valence-corrected chi connectivity index (χ0v) is 14.4. The molecule has 0 aromatic heterocycles. The van der Waals surface area contributed by atoms with E-state index in [-0.39, 0.29) is 0 Å². The van der Waals surface area contributed by atoms with Gasteiger partial charge in [0.15, 0.2) is 0 Å². The topological polar surface area (TPSA) is 68.8 Å². The Hall–Kier alpha value is -2.60. The van der Waals surface area contributed by atoms with E-state index in [0.29, 0.717) is 40.3 Å². The second-order valence-electron chi connectivity index (χ2n) is 4.70. The Morgan fingerprint density at radius 3 is 2.33 bits per heavy atom. The largest absolute Gasteiger partial charge is 0.495 e. The number of halogens is 1. The van der Waals surface area contributed by atoms with Crippen LogP contribution >= 0.6 is 11.6 Å². The lowest BCUT2D eigenvalue weighted by molar-refractivity contribution is 0.261. The van der Waals surface area contributed by atoms with Crippen molar-refractivity contribution < 1.29 is 19.0 Å². The fourth-order valence-electron chi connectivity index (χ4n) is 2.09. The van der Waals surface area contributed by atoms with E-state index in [1.165, 1.54) is 14.2 Å². The van der Waals surface area contributed by atoms with Gasteiger partial charge < -0.3 is 24.8 Å². The number of hydrogen-bond donors (Lipinski definition) is 2. The van der Waals surface area contributed by atoms with Gasteiger partial charge in [0, 0.05) is 12.1 Å². The number of carbonyl (C=O) groups excluding carboxylic acids is 1. The van der Waals surface area contributed by atoms with Gasteiger partial charge in [-0.25, -0.2) is 4.79 Å². The summed E-state index contributed by atoms with van der Waals surface area (Å²) in [5.74, 6) is 1.45. The molecule has 2 amide bonds. The molecule has 2 aromatic rings. The molecule has 2 rings (SSSR count). The lowest BCUT2D eigenvalue weighted by Gasteiger charge is -2.15. The van der Waals surface area contributed by atoms with Gasteiger partial charge in [-0.1, -0.05) is 23.7 Å². The summed E-state index contributed by atoms with van der Waals surface area (Å²) in [6, 6.07) is 9.91. The van der Waals surface area contributed by atoms with Crippen LogP contribution in [0.25, 0.3) is 0 Å². The quantitative estimate of drug-likeness (QED) is 0.810. The molecule has 0 saturated heterocycles. The lowest BCUT2D eigenvalue weighted by atomic mass is 10.2. The lowest BCUT2D eigenvalue weighted by Crippen LogP contribution is -2.20. The smallest absolute Gasteiger partial charge is 0.323 e. The Kier molecular flexibility index (Phi) is 6.14. The standard InChI is InChI=1S/C17H19ClN2O4/c1-4-24-14-8-6-5-7-12(14)19-17(21)20-13-10-15(22-2)11(18)9-16(13)23-3/h5-10H,4H2,1-3H3,(H2,19,20,21). The van der Waals surface area contributed by atoms with Crippen molar-refractivity contribution in [3.05, 3.63) is 41.4 Å². The molecule has 2 aromatic carbocycles. The first-order valence-electron chi connectivity index (χ1n) is 7.30. The van der Waals surface area contributed by atoms with Gasteiger partial charge in [0.1, 0.15) is 17.2 Å². The highest BCUT2D eigenvalue weighted by Gasteiger charge is 2.13. The summed E-state index contributed by atoms with van der Waals surface area (Å²) in [5, 5.41) is 5.85. The molecule has 6 nitrogen and oxygen atoms in total. The first-order valence-corrected chi connectivity index (χ1v) is 7.68. The molecule has 2 N–H and O–H groups in total. The molecule has 0 aliphatic carbocycles. The average molecular weight is 351 g/mol. The van der Waals surface area contributed by atoms with E-state index in [0.717, 1.165) is 0 Å². The van der Waals surface area contributed by atoms with Crippen molar-refractivity contribution in [1.29, 1.82) is 0 Å². The van der Waals surface area contributed by atoms with Crippen molar-refractivity contribution in [2.75, 3.05) is 31.5 Å². The van der Waals surface area contributed by atoms with E-state index in [2.05, 4.69) is 10.6 Å². The molecule has 0 atom stereocenters. The number of amides is 2. The molecule has 128 valence electrons. The van der Waals surface area contributed by atoms with Crippen LogP contribution in [-0.4, -0.2) is 26.9 Å². The molecule has 0 unspecified atom stereocenters. The van der Waals surface area contributed by atoms with Crippen LogP contribution in [0.15, 0.2) is 36.4 Å². The van der Waals surface area contributed by atoms with Gasteiger partial charge in [0.05, 0.1) is 37.2 Å². The van der Waals surface area contributed by atoms with Crippen molar-refractivity contribution in [1.82, 2.24) is 0 Å². The van der Waals surface area contributed by atoms with Crippen LogP contribution in [0, 0.1) is 0 Å². The van der Waals surface area contributed by atoms with Crippen LogP contribution in [-0.2, 0) is 0 Å². The summed E-state index contributed by atoms with van der Waals surface area (Å²) in [4.78, 5) is 12.3. The Morgan fingerprint density at radius 2 is 1.67 bits per heavy atom. The zero-order chi connectivity index (χ0) is 17.5. The van der Waals surface area contributed by atoms with E-state index in [1.54, 1.807) is 24.3 Å². The number of nitrogens with one attached hydrogen (secondary N) is 2. The molecular formula is C17H19ClN2O4. The third-order valence-electron chi connectivity index (χ3n) is 3.16. The summed E-state index contributed by atoms with van der Waals surface area (Å²) >= 11 is 6.05. The number of para-hydroxylation sites is 2. The number of urea groups is 1. The highest BCUT2D eigenvalue weighted by molar-refractivity contribution is 6.32. The maximum atomic E-state index is 12.3. The molecule has 0 fully saturated rings. The van der Waals surface area contributed by atoms with Crippen LogP contribution in [0.4, 0.5) is 16.2 Å². The molecule has 0 spiro atoms. The molecule has 0 aliphatic rings. The summed E-state index contributed by atoms with van der Waals surface area (Å²) in [6.45, 7) is 2.38. The van der Waals surface area contributed by atoms with Crippen molar-refractivity contribution in [2.24, 2.45) is 0 Å². The van der Waals surface area contributed by atoms with Gasteiger partial charge in [-0.3, -0.25) is 0 Å². The van der Waals surface area contributed by atoms with E-state index in [4.69, 9.17) is 25.8 Å². The van der Waals surface area contributed by atoms with Crippen molar-refractivity contribution >= 4 is 29.0 Å². The molecule has 0 bridgehead atoms. The summed E-state index contributed by atoms with van der Waals surface area (Å²) in [6.07, 6.45) is 0. The average Bonchev–Trinajstić information content (AvgIpc) is 2.58. The summed E-state index contributed by atoms with van der Waals surface area (Å²) in [5.41, 5.74) is 1.00. The molecule has 24 heavy (non-hydrogen) atoms. The van der Waals surface area contributed by atoms with Crippen molar-refractivity contribution in [2.45, 2.75) is 6.92 Å². The third-order valence-corrected chi connectivity index (χ3v) is 3.45. The second-order valence-corrected chi connectivity index (χ2v) is 5.10. The number of benzene rings is 2. The third kappa shape index (κ3) is 4.23. The van der Waals surface area contributed by atoms with Crippen LogP contribution in [0.3, 0.4) is 0 Å². The highest BCUT2D eigenvalue weighted by Crippen LogP contribution is 2.36. The molecule has 0 radical (unpaired) electrons. The maximum absolute atomic E-state index is 12.3. The van der Waals surface area contributed by atoms with E-state index >= 15 is 0 Å². The fourth-order valence-corrected chi connectivity index (χ4v) is 2.32. The zero-order valence-electron chi connectivity index (χ0n) is 13.7. The number of carbonyl (C=O) groups is 1. The van der Waals surface area contributed by atoms with Gasteiger partial charge in [-0.15, -0.1) is 0 Å². The van der Waals surface area contributed by atoms with Crippen LogP contribution in [0.1, 0.15) is 6.92 Å². The maximum Gasteiger partial charge on any atom is 0.323 e. The van der Waals surface area contributed by atoms with Crippen LogP contribution < -0.4 is 24.8 Å². The van der Waals surface area contributed by atoms with Crippen LogP contribution in [0.2, 0.25) is 5.02 Å². The predicted octanol–water partition coefficient (Wildman–Crippen LogP) is 4.40. The van der Waals surface area contributed by atoms with Crippen LogP contribution in [0.5, 0.6) is 17.2 Å². The summed E-state index contributed by atoms with van der Waals surface area (Å²) < 4.78 is 15.9. The normalized spacial score (nSPS) is 10.0. The Bertz CT molecular complexity index is 722. The number of ether oxygens (including phenoxy) is 3. The second kappa shape index (κ2) is 8.31. The minimum atomic E-state index is -0.440. The molecule has 7 heteroatoms. The number of anilines is 2. The van der Waals surface area contributed by atoms with Gasteiger partial charge in [-0.05, 0) is 19.1 Å². The number of methoxy groups -OCH3 is 2. The minimum Gasteiger partial charge on any atom is -0.495 e. The Labute approximate surface area is 145 Å². The summed E-state index contributed by atoms with van der Waals surface area (Å²) in [7, 11) is 2.99. The van der Waals surface area contributed by atoms with Gasteiger partial charge >= 0.3 is 6.03 Å². The fraction of sp³-hybridized carbons (Fsp3) is 0.235. The first-order chi connectivity index (χ1) is 11.6. The van der Waals surface area contributed by atoms with E-state index in [1.807, 2.05) is 19.1 Å². The monoisotopic (exact) mass is 350 g/mol. The van der Waals surface area contributed by atoms with E-state index < -0.39 is 6.03 Å².